The molecule has 0 saturated carbocycles. The zero-order valence-electron chi connectivity index (χ0n) is 8.66. The highest BCUT2D eigenvalue weighted by atomic mass is 14.0. The molecule has 0 atom stereocenters. The van der Waals surface area contributed by atoms with Gasteiger partial charge in [0.15, 0.2) is 0 Å². The molecule has 2 rings (SSSR count). The van der Waals surface area contributed by atoms with Gasteiger partial charge < -0.3 is 0 Å². The molecule has 0 saturated heterocycles. The minimum absolute atomic E-state index is 1.09. The molecule has 0 unspecified atom stereocenters. The average molecular weight is 184 g/mol. The Morgan fingerprint density at radius 1 is 1.21 bits per heavy atom. The summed E-state index contributed by atoms with van der Waals surface area (Å²) in [5.41, 5.74) is 1.46. The minimum atomic E-state index is 1.09. The number of rotatable bonds is 2. The molecule has 0 spiro atoms. The molecule has 0 fully saturated rings. The van der Waals surface area contributed by atoms with E-state index in [1.165, 1.54) is 28.9 Å². The molecule has 1 aliphatic carbocycles. The van der Waals surface area contributed by atoms with Crippen molar-refractivity contribution in [3.05, 3.63) is 46.4 Å². The van der Waals surface area contributed by atoms with E-state index >= 15 is 0 Å². The molecule has 72 valence electrons. The third-order valence-corrected chi connectivity index (χ3v) is 2.59. The molecule has 0 nitrogen and oxygen atoms in total. The highest BCUT2D eigenvalue weighted by molar-refractivity contribution is 5.55. The average Bonchev–Trinajstić information content (AvgIpc) is 2.26. The Morgan fingerprint density at radius 2 is 2.00 bits per heavy atom. The van der Waals surface area contributed by atoms with Crippen molar-refractivity contribution < 1.29 is 0 Å². The summed E-state index contributed by atoms with van der Waals surface area (Å²) in [6.07, 6.45) is 10.5. The van der Waals surface area contributed by atoms with E-state index in [1.54, 1.807) is 0 Å². The minimum Gasteiger partial charge on any atom is -0.0810 e. The van der Waals surface area contributed by atoms with Gasteiger partial charge in [-0.15, -0.1) is 0 Å². The van der Waals surface area contributed by atoms with Crippen LogP contribution in [0.4, 0.5) is 0 Å². The fourth-order valence-electron chi connectivity index (χ4n) is 1.79. The fraction of sp³-hybridized carbons (Fsp3) is 0.286. The van der Waals surface area contributed by atoms with Crippen LogP contribution in [0.1, 0.15) is 26.2 Å². The lowest BCUT2D eigenvalue weighted by Gasteiger charge is -2.04. The molecule has 0 aliphatic heterocycles. The van der Waals surface area contributed by atoms with Gasteiger partial charge in [0, 0.05) is 0 Å². The van der Waals surface area contributed by atoms with Gasteiger partial charge in [0.1, 0.15) is 0 Å². The van der Waals surface area contributed by atoms with Gasteiger partial charge >= 0.3 is 0 Å². The molecule has 1 aromatic carbocycles. The fourth-order valence-corrected chi connectivity index (χ4v) is 1.79. The molecular weight excluding hydrogens is 168 g/mol. The molecule has 1 aliphatic rings. The monoisotopic (exact) mass is 184 g/mol. The van der Waals surface area contributed by atoms with Crippen molar-refractivity contribution in [1.29, 1.82) is 0 Å². The smallest absolute Gasteiger partial charge is 0.00912 e. The second-order valence-corrected chi connectivity index (χ2v) is 3.75. The summed E-state index contributed by atoms with van der Waals surface area (Å²) in [5.74, 6) is 0. The summed E-state index contributed by atoms with van der Waals surface area (Å²) in [4.78, 5) is 0. The van der Waals surface area contributed by atoms with Gasteiger partial charge in [-0.2, -0.15) is 0 Å². The summed E-state index contributed by atoms with van der Waals surface area (Å²) in [5, 5.41) is 2.74. The number of hydrogen-bond donors (Lipinski definition) is 0. The van der Waals surface area contributed by atoms with Gasteiger partial charge in [0.05, 0.1) is 0 Å². The Kier molecular flexibility index (Phi) is 2.83. The molecule has 0 N–H and O–H groups in total. The Balaban J connectivity index is 2.39. The first-order valence-electron chi connectivity index (χ1n) is 5.36. The van der Waals surface area contributed by atoms with Crippen LogP contribution in [0.25, 0.3) is 12.2 Å². The maximum absolute atomic E-state index is 2.35. The van der Waals surface area contributed by atoms with Gasteiger partial charge in [0.25, 0.3) is 0 Å². The zero-order valence-corrected chi connectivity index (χ0v) is 8.66. The lowest BCUT2D eigenvalue weighted by molar-refractivity contribution is 0.950. The van der Waals surface area contributed by atoms with Crippen LogP contribution in [0, 0.1) is 0 Å². The van der Waals surface area contributed by atoms with Crippen LogP contribution in [-0.2, 0) is 0 Å². The van der Waals surface area contributed by atoms with E-state index in [9.17, 15) is 0 Å². The SMILES string of the molecule is CCCC=C1C=c2ccccc2=CC1. The van der Waals surface area contributed by atoms with E-state index in [0.29, 0.717) is 0 Å². The number of unbranched alkanes of at least 4 members (excludes halogenated alkanes) is 1. The van der Waals surface area contributed by atoms with Crippen LogP contribution in [0.2, 0.25) is 0 Å². The number of fused-ring (bicyclic) bond motifs is 1. The Morgan fingerprint density at radius 3 is 2.79 bits per heavy atom. The summed E-state index contributed by atoms with van der Waals surface area (Å²) in [6, 6.07) is 8.57. The van der Waals surface area contributed by atoms with Gasteiger partial charge in [-0.1, -0.05) is 55.8 Å². The van der Waals surface area contributed by atoms with Crippen molar-refractivity contribution in [2.45, 2.75) is 26.2 Å². The number of benzene rings is 1. The molecule has 0 amide bonds. The lowest BCUT2D eigenvalue weighted by Crippen LogP contribution is -2.26. The highest BCUT2D eigenvalue weighted by Crippen LogP contribution is 2.08. The standard InChI is InChI=1S/C14H16/c1-2-3-6-12-9-10-13-7-4-5-8-14(13)11-12/h4-8,10-11H,2-3,9H2,1H3. The van der Waals surface area contributed by atoms with Gasteiger partial charge in [0.2, 0.25) is 0 Å². The quantitative estimate of drug-likeness (QED) is 0.662. The Labute approximate surface area is 85.3 Å². The first-order valence-corrected chi connectivity index (χ1v) is 5.36. The van der Waals surface area contributed by atoms with Crippen molar-refractivity contribution in [3.8, 4) is 0 Å². The molecule has 14 heavy (non-hydrogen) atoms. The summed E-state index contributed by atoms with van der Waals surface area (Å²) >= 11 is 0. The normalized spacial score (nSPS) is 17.1. The van der Waals surface area contributed by atoms with E-state index in [4.69, 9.17) is 0 Å². The van der Waals surface area contributed by atoms with Gasteiger partial charge in [-0.25, -0.2) is 0 Å². The van der Waals surface area contributed by atoms with E-state index in [2.05, 4.69) is 49.4 Å². The van der Waals surface area contributed by atoms with E-state index < -0.39 is 0 Å². The summed E-state index contributed by atoms with van der Waals surface area (Å²) in [7, 11) is 0. The summed E-state index contributed by atoms with van der Waals surface area (Å²) in [6.45, 7) is 2.22. The van der Waals surface area contributed by atoms with E-state index in [0.717, 1.165) is 6.42 Å². The van der Waals surface area contributed by atoms with Crippen LogP contribution in [-0.4, -0.2) is 0 Å². The Hall–Kier alpha value is -1.30. The molecular formula is C14H16. The van der Waals surface area contributed by atoms with Crippen molar-refractivity contribution in [1.82, 2.24) is 0 Å². The molecule has 0 bridgehead atoms. The lowest BCUT2D eigenvalue weighted by atomic mass is 10.0. The molecule has 0 heteroatoms. The number of allylic oxidation sites excluding steroid dienone is 2. The predicted molar refractivity (Wildman–Crippen MR) is 62.2 cm³/mol. The third-order valence-electron chi connectivity index (χ3n) is 2.59. The van der Waals surface area contributed by atoms with Crippen LogP contribution in [0.3, 0.4) is 0 Å². The van der Waals surface area contributed by atoms with E-state index in [1.807, 2.05) is 0 Å². The maximum atomic E-state index is 2.35. The van der Waals surface area contributed by atoms with Crippen molar-refractivity contribution in [2.24, 2.45) is 0 Å². The Bertz CT molecular complexity index is 449. The largest absolute Gasteiger partial charge is 0.0810 e. The zero-order chi connectivity index (χ0) is 9.80. The maximum Gasteiger partial charge on any atom is -0.00912 e. The highest BCUT2D eigenvalue weighted by Gasteiger charge is 1.96. The molecule has 0 heterocycles. The predicted octanol–water partition coefficient (Wildman–Crippen LogP) is 2.38. The topological polar surface area (TPSA) is 0 Å². The molecule has 0 radical (unpaired) electrons. The number of hydrogen-bond acceptors (Lipinski definition) is 0. The molecule has 0 aromatic heterocycles. The third kappa shape index (κ3) is 1.95. The first-order chi connectivity index (χ1) is 6.90. The van der Waals surface area contributed by atoms with Crippen molar-refractivity contribution in [3.63, 3.8) is 0 Å². The van der Waals surface area contributed by atoms with Crippen molar-refractivity contribution in [2.75, 3.05) is 0 Å². The second-order valence-electron chi connectivity index (χ2n) is 3.75. The second kappa shape index (κ2) is 4.28. The van der Waals surface area contributed by atoms with Gasteiger partial charge in [-0.05, 0) is 28.9 Å². The van der Waals surface area contributed by atoms with Crippen LogP contribution in [0.5, 0.6) is 0 Å². The summed E-state index contributed by atoms with van der Waals surface area (Å²) < 4.78 is 0. The van der Waals surface area contributed by atoms with Gasteiger partial charge in [-0.3, -0.25) is 0 Å². The van der Waals surface area contributed by atoms with E-state index in [-0.39, 0.29) is 0 Å². The first kappa shape index (κ1) is 9.26. The van der Waals surface area contributed by atoms with Crippen LogP contribution in [0.15, 0.2) is 35.9 Å². The van der Waals surface area contributed by atoms with Crippen LogP contribution < -0.4 is 10.4 Å². The molecule has 1 aromatic rings. The van der Waals surface area contributed by atoms with Crippen LogP contribution >= 0.6 is 0 Å². The van der Waals surface area contributed by atoms with Crippen molar-refractivity contribution >= 4 is 12.2 Å².